The lowest BCUT2D eigenvalue weighted by atomic mass is 10.1. The summed E-state index contributed by atoms with van der Waals surface area (Å²) in [6.45, 7) is 1.64. The highest BCUT2D eigenvalue weighted by Crippen LogP contribution is 2.27. The molecule has 0 spiro atoms. The Labute approximate surface area is 196 Å². The molecule has 2 aromatic heterocycles. The summed E-state index contributed by atoms with van der Waals surface area (Å²) in [6.07, 6.45) is 0.769. The monoisotopic (exact) mass is 490 g/mol. The number of likely N-dealkylation sites (N-methyl/N-ethyl adjacent to an activating group) is 1. The van der Waals surface area contributed by atoms with Crippen molar-refractivity contribution < 1.29 is 19.5 Å². The topological polar surface area (TPSA) is 112 Å². The first-order valence-corrected chi connectivity index (χ1v) is 11.7. The van der Waals surface area contributed by atoms with E-state index in [9.17, 15) is 19.5 Å². The van der Waals surface area contributed by atoms with Crippen molar-refractivity contribution in [1.82, 2.24) is 15.2 Å². The summed E-state index contributed by atoms with van der Waals surface area (Å²) in [5.41, 5.74) is 1.45. The molecule has 3 heterocycles. The number of hydrogen-bond acceptors (Lipinski definition) is 7. The Hall–Kier alpha value is -2.79. The average molecular weight is 491 g/mol. The van der Waals surface area contributed by atoms with Crippen LogP contribution >= 0.6 is 34.3 Å². The first kappa shape index (κ1) is 22.4. The lowest BCUT2D eigenvalue weighted by Crippen LogP contribution is -2.25. The molecule has 32 heavy (non-hydrogen) atoms. The van der Waals surface area contributed by atoms with Gasteiger partial charge in [0.2, 0.25) is 0 Å². The maximum absolute atomic E-state index is 12.9. The van der Waals surface area contributed by atoms with Crippen molar-refractivity contribution in [3.05, 3.63) is 66.3 Å². The molecule has 0 unspecified atom stereocenters. The lowest BCUT2D eigenvalue weighted by molar-refractivity contribution is 0.0697. The predicted molar refractivity (Wildman–Crippen MR) is 124 cm³/mol. The third-order valence-electron chi connectivity index (χ3n) is 4.97. The zero-order chi connectivity index (χ0) is 22.8. The van der Waals surface area contributed by atoms with E-state index in [-0.39, 0.29) is 28.7 Å². The number of anilines is 1. The van der Waals surface area contributed by atoms with Gasteiger partial charge in [0.15, 0.2) is 5.01 Å². The van der Waals surface area contributed by atoms with Crippen molar-refractivity contribution in [1.29, 1.82) is 0 Å². The SMILES string of the molecule is CN1CCc2nc(C(=O)Nc3c(CNC(=O)c4ccc(Cl)s4)cccc3C(=O)O)sc2C1. The summed E-state index contributed by atoms with van der Waals surface area (Å²) in [5.74, 6) is -1.99. The number of thiazole rings is 1. The maximum atomic E-state index is 12.9. The highest BCUT2D eigenvalue weighted by atomic mass is 35.5. The minimum Gasteiger partial charge on any atom is -0.478 e. The van der Waals surface area contributed by atoms with Gasteiger partial charge in [-0.2, -0.15) is 0 Å². The molecule has 0 atom stereocenters. The van der Waals surface area contributed by atoms with Crippen LogP contribution in [0.5, 0.6) is 0 Å². The number of carbonyl (C=O) groups is 3. The summed E-state index contributed by atoms with van der Waals surface area (Å²) in [7, 11) is 2.01. The zero-order valence-electron chi connectivity index (χ0n) is 17.0. The summed E-state index contributed by atoms with van der Waals surface area (Å²) >= 11 is 8.34. The van der Waals surface area contributed by atoms with E-state index in [2.05, 4.69) is 20.5 Å². The number of aromatic carboxylic acids is 1. The van der Waals surface area contributed by atoms with E-state index in [0.29, 0.717) is 14.8 Å². The van der Waals surface area contributed by atoms with Gasteiger partial charge < -0.3 is 20.6 Å². The molecule has 11 heteroatoms. The molecule has 0 radical (unpaired) electrons. The molecule has 4 rings (SSSR count). The maximum Gasteiger partial charge on any atom is 0.337 e. The van der Waals surface area contributed by atoms with Gasteiger partial charge in [0.05, 0.1) is 26.2 Å². The number of halogens is 1. The van der Waals surface area contributed by atoms with Crippen molar-refractivity contribution >= 4 is 57.7 Å². The number of nitrogens with one attached hydrogen (secondary N) is 2. The number of carbonyl (C=O) groups excluding carboxylic acids is 2. The molecule has 0 saturated carbocycles. The Balaban J connectivity index is 1.56. The first-order valence-electron chi connectivity index (χ1n) is 9.69. The Morgan fingerprint density at radius 3 is 2.72 bits per heavy atom. The third-order valence-corrected chi connectivity index (χ3v) is 7.28. The molecule has 0 fully saturated rings. The molecular formula is C21H19ClN4O4S2. The Morgan fingerprint density at radius 2 is 2.00 bits per heavy atom. The Kier molecular flexibility index (Phi) is 6.56. The van der Waals surface area contributed by atoms with E-state index in [4.69, 9.17) is 11.6 Å². The number of carboxylic acids is 1. The van der Waals surface area contributed by atoms with E-state index in [1.807, 2.05) is 7.05 Å². The number of para-hydroxylation sites is 1. The summed E-state index contributed by atoms with van der Waals surface area (Å²) in [5, 5.41) is 15.4. The normalized spacial score (nSPS) is 13.4. The van der Waals surface area contributed by atoms with Crippen LogP contribution in [0.4, 0.5) is 5.69 Å². The largest absolute Gasteiger partial charge is 0.478 e. The van der Waals surface area contributed by atoms with Crippen LogP contribution in [0.3, 0.4) is 0 Å². The van der Waals surface area contributed by atoms with Crippen LogP contribution in [0, 0.1) is 0 Å². The standard InChI is InChI=1S/C21H19ClN4O4S2/c1-26-8-7-13-15(10-26)32-20(24-13)19(28)25-17-11(3-2-4-12(17)21(29)30)9-23-18(27)14-5-6-16(22)31-14/h2-6H,7-10H2,1H3,(H,23,27)(H,25,28)(H,29,30). The Bertz CT molecular complexity index is 1210. The minimum absolute atomic E-state index is 0.0320. The van der Waals surface area contributed by atoms with E-state index in [0.717, 1.165) is 41.4 Å². The second kappa shape index (κ2) is 9.37. The van der Waals surface area contributed by atoms with Gasteiger partial charge in [-0.3, -0.25) is 9.59 Å². The van der Waals surface area contributed by atoms with Gasteiger partial charge in [-0.1, -0.05) is 23.7 Å². The Morgan fingerprint density at radius 1 is 1.19 bits per heavy atom. The fourth-order valence-corrected chi connectivity index (χ4v) is 5.40. The van der Waals surface area contributed by atoms with Crippen molar-refractivity contribution in [2.75, 3.05) is 18.9 Å². The highest BCUT2D eigenvalue weighted by molar-refractivity contribution is 7.18. The average Bonchev–Trinajstić information content (AvgIpc) is 3.38. The fourth-order valence-electron chi connectivity index (χ4n) is 3.36. The molecule has 3 N–H and O–H groups in total. The summed E-state index contributed by atoms with van der Waals surface area (Å²) in [6, 6.07) is 7.87. The second-order valence-corrected chi connectivity index (χ2v) is 10.1. The molecular weight excluding hydrogens is 472 g/mol. The smallest absolute Gasteiger partial charge is 0.337 e. The van der Waals surface area contributed by atoms with Gasteiger partial charge in [-0.05, 0) is 30.8 Å². The zero-order valence-corrected chi connectivity index (χ0v) is 19.4. The van der Waals surface area contributed by atoms with Crippen LogP contribution in [0.25, 0.3) is 0 Å². The number of nitrogens with zero attached hydrogens (tertiary/aromatic N) is 2. The number of fused-ring (bicyclic) bond motifs is 1. The van der Waals surface area contributed by atoms with E-state index in [1.165, 1.54) is 17.4 Å². The number of aromatic nitrogens is 1. The molecule has 0 bridgehead atoms. The molecule has 1 aliphatic rings. The molecule has 8 nitrogen and oxygen atoms in total. The minimum atomic E-state index is -1.18. The van der Waals surface area contributed by atoms with Crippen molar-refractivity contribution in [2.24, 2.45) is 0 Å². The quantitative estimate of drug-likeness (QED) is 0.485. The second-order valence-electron chi connectivity index (χ2n) is 7.26. The van der Waals surface area contributed by atoms with Crippen LogP contribution in [0.1, 0.15) is 46.0 Å². The highest BCUT2D eigenvalue weighted by Gasteiger charge is 2.23. The van der Waals surface area contributed by atoms with E-state index in [1.54, 1.807) is 24.3 Å². The van der Waals surface area contributed by atoms with Gasteiger partial charge in [-0.15, -0.1) is 22.7 Å². The summed E-state index contributed by atoms with van der Waals surface area (Å²) < 4.78 is 0.494. The van der Waals surface area contributed by atoms with Gasteiger partial charge >= 0.3 is 5.97 Å². The molecule has 0 aliphatic carbocycles. The molecule has 166 valence electrons. The van der Waals surface area contributed by atoms with E-state index < -0.39 is 11.9 Å². The van der Waals surface area contributed by atoms with Gasteiger partial charge in [0.25, 0.3) is 11.8 Å². The molecule has 1 aromatic carbocycles. The number of rotatable bonds is 6. The van der Waals surface area contributed by atoms with Crippen molar-refractivity contribution in [3.63, 3.8) is 0 Å². The lowest BCUT2D eigenvalue weighted by Gasteiger charge is -2.20. The number of carboxylic acid groups (broad SMARTS) is 1. The number of amides is 2. The molecule has 0 saturated heterocycles. The van der Waals surface area contributed by atoms with Gasteiger partial charge in [0, 0.05) is 30.9 Å². The number of thiophene rings is 1. The van der Waals surface area contributed by atoms with Crippen molar-refractivity contribution in [2.45, 2.75) is 19.5 Å². The summed E-state index contributed by atoms with van der Waals surface area (Å²) in [4.78, 5) is 45.2. The number of hydrogen-bond donors (Lipinski definition) is 3. The molecule has 3 aromatic rings. The van der Waals surface area contributed by atoms with Crippen molar-refractivity contribution in [3.8, 4) is 0 Å². The fraction of sp³-hybridized carbons (Fsp3) is 0.238. The van der Waals surface area contributed by atoms with Crippen LogP contribution < -0.4 is 10.6 Å². The molecule has 2 amide bonds. The number of benzene rings is 1. The third kappa shape index (κ3) is 4.83. The first-order chi connectivity index (χ1) is 15.3. The van der Waals surface area contributed by atoms with Crippen LogP contribution in [0.15, 0.2) is 30.3 Å². The van der Waals surface area contributed by atoms with Gasteiger partial charge in [0.1, 0.15) is 0 Å². The molecule has 1 aliphatic heterocycles. The van der Waals surface area contributed by atoms with Gasteiger partial charge in [-0.25, -0.2) is 9.78 Å². The van der Waals surface area contributed by atoms with Crippen LogP contribution in [-0.2, 0) is 19.5 Å². The van der Waals surface area contributed by atoms with E-state index >= 15 is 0 Å². The van der Waals surface area contributed by atoms with Crippen LogP contribution in [0.2, 0.25) is 4.34 Å². The predicted octanol–water partition coefficient (Wildman–Crippen LogP) is 3.73. The van der Waals surface area contributed by atoms with Crippen LogP contribution in [-0.4, -0.2) is 46.4 Å².